The molecule has 0 aliphatic carbocycles. The minimum absolute atomic E-state index is 0.0796. The predicted octanol–water partition coefficient (Wildman–Crippen LogP) is 3.47. The molecule has 2 fully saturated rings. The highest BCUT2D eigenvalue weighted by molar-refractivity contribution is 5.86. The van der Waals surface area contributed by atoms with Crippen LogP contribution in [0.1, 0.15) is 45.1 Å². The summed E-state index contributed by atoms with van der Waals surface area (Å²) in [5, 5.41) is 4.30. The molecule has 5 heteroatoms. The summed E-state index contributed by atoms with van der Waals surface area (Å²) in [6.45, 7) is 11.6. The quantitative estimate of drug-likeness (QED) is 0.779. The van der Waals surface area contributed by atoms with Gasteiger partial charge in [-0.05, 0) is 76.7 Å². The third kappa shape index (κ3) is 5.20. The largest absolute Gasteiger partial charge is 0.352 e. The molecule has 0 saturated carbocycles. The number of hydrogen-bond acceptors (Lipinski definition) is 3. The van der Waals surface area contributed by atoms with Crippen molar-refractivity contribution < 1.29 is 4.79 Å². The van der Waals surface area contributed by atoms with Crippen molar-refractivity contribution in [3.05, 3.63) is 36.0 Å². The zero-order valence-electron chi connectivity index (χ0n) is 18.1. The molecule has 2 saturated heterocycles. The molecule has 1 amide bonds. The Morgan fingerprint density at radius 3 is 2.66 bits per heavy atom. The van der Waals surface area contributed by atoms with Crippen LogP contribution in [0.2, 0.25) is 0 Å². The molecule has 2 aromatic rings. The van der Waals surface area contributed by atoms with Crippen molar-refractivity contribution in [1.29, 1.82) is 0 Å². The third-order valence-corrected chi connectivity index (χ3v) is 6.35. The second-order valence-corrected chi connectivity index (χ2v) is 9.27. The van der Waals surface area contributed by atoms with E-state index in [-0.39, 0.29) is 11.9 Å². The number of benzene rings is 1. The number of aromatic nitrogens is 1. The van der Waals surface area contributed by atoms with E-state index in [0.29, 0.717) is 6.54 Å². The highest BCUT2D eigenvalue weighted by atomic mass is 16.2. The van der Waals surface area contributed by atoms with E-state index in [4.69, 9.17) is 0 Å². The van der Waals surface area contributed by atoms with Gasteiger partial charge in [0.1, 0.15) is 6.54 Å². The van der Waals surface area contributed by atoms with Gasteiger partial charge in [-0.3, -0.25) is 9.69 Å². The Labute approximate surface area is 175 Å². The van der Waals surface area contributed by atoms with E-state index in [1.807, 2.05) is 13.8 Å². The lowest BCUT2D eigenvalue weighted by atomic mass is 9.97. The molecule has 158 valence electrons. The summed E-state index contributed by atoms with van der Waals surface area (Å²) in [5.74, 6) is 0.878. The lowest BCUT2D eigenvalue weighted by Crippen LogP contribution is -2.40. The van der Waals surface area contributed by atoms with Crippen LogP contribution in [0.3, 0.4) is 0 Å². The first kappa shape index (κ1) is 20.4. The minimum Gasteiger partial charge on any atom is -0.352 e. The second-order valence-electron chi connectivity index (χ2n) is 9.27. The van der Waals surface area contributed by atoms with Gasteiger partial charge < -0.3 is 14.8 Å². The maximum Gasteiger partial charge on any atom is 0.240 e. The van der Waals surface area contributed by atoms with Gasteiger partial charge in [0.25, 0.3) is 0 Å². The van der Waals surface area contributed by atoms with Gasteiger partial charge in [-0.25, -0.2) is 0 Å². The molecule has 1 atom stereocenters. The Balaban J connectivity index is 1.45. The van der Waals surface area contributed by atoms with E-state index in [2.05, 4.69) is 50.1 Å². The van der Waals surface area contributed by atoms with Crippen LogP contribution in [0.4, 0.5) is 0 Å². The SMILES string of the molecule is CC(C)NC(=O)Cn1cc(CN2CCC[C@H](CN3CCCC3)C2)c2ccccc21. The Kier molecular flexibility index (Phi) is 6.56. The lowest BCUT2D eigenvalue weighted by molar-refractivity contribution is -0.122. The highest BCUT2D eigenvalue weighted by Gasteiger charge is 2.24. The number of piperidine rings is 1. The fraction of sp³-hybridized carbons (Fsp3) is 0.625. The van der Waals surface area contributed by atoms with Gasteiger partial charge >= 0.3 is 0 Å². The molecular weight excluding hydrogens is 360 g/mol. The van der Waals surface area contributed by atoms with Crippen molar-refractivity contribution in [3.8, 4) is 0 Å². The first-order valence-electron chi connectivity index (χ1n) is 11.4. The fourth-order valence-corrected chi connectivity index (χ4v) is 5.12. The molecule has 1 aromatic heterocycles. The first-order chi connectivity index (χ1) is 14.1. The van der Waals surface area contributed by atoms with Crippen molar-refractivity contribution >= 4 is 16.8 Å². The van der Waals surface area contributed by atoms with Gasteiger partial charge in [-0.1, -0.05) is 18.2 Å². The molecule has 1 aromatic carbocycles. The summed E-state index contributed by atoms with van der Waals surface area (Å²) in [6.07, 6.45) is 7.62. The molecule has 2 aliphatic rings. The first-order valence-corrected chi connectivity index (χ1v) is 11.4. The summed E-state index contributed by atoms with van der Waals surface area (Å²) in [6, 6.07) is 8.68. The number of para-hydroxylation sites is 1. The van der Waals surface area contributed by atoms with Gasteiger partial charge in [0.15, 0.2) is 0 Å². The number of rotatable bonds is 7. The topological polar surface area (TPSA) is 40.5 Å². The number of nitrogens with one attached hydrogen (secondary N) is 1. The summed E-state index contributed by atoms with van der Waals surface area (Å²) >= 11 is 0. The fourth-order valence-electron chi connectivity index (χ4n) is 5.12. The van der Waals surface area contributed by atoms with Crippen molar-refractivity contribution in [3.63, 3.8) is 0 Å². The number of amides is 1. The van der Waals surface area contributed by atoms with Crippen molar-refractivity contribution in [1.82, 2.24) is 19.7 Å². The van der Waals surface area contributed by atoms with E-state index in [9.17, 15) is 4.79 Å². The molecule has 0 unspecified atom stereocenters. The van der Waals surface area contributed by atoms with Gasteiger partial charge in [0.05, 0.1) is 0 Å². The average molecular weight is 397 g/mol. The monoisotopic (exact) mass is 396 g/mol. The zero-order chi connectivity index (χ0) is 20.2. The van der Waals surface area contributed by atoms with Gasteiger partial charge in [0.2, 0.25) is 5.91 Å². The summed E-state index contributed by atoms with van der Waals surface area (Å²) < 4.78 is 2.12. The summed E-state index contributed by atoms with van der Waals surface area (Å²) in [7, 11) is 0. The minimum atomic E-state index is 0.0796. The molecule has 0 radical (unpaired) electrons. The predicted molar refractivity (Wildman–Crippen MR) is 119 cm³/mol. The van der Waals surface area contributed by atoms with E-state index in [1.165, 1.54) is 69.4 Å². The maximum absolute atomic E-state index is 12.3. The van der Waals surface area contributed by atoms with Crippen LogP contribution in [-0.4, -0.2) is 59.0 Å². The van der Waals surface area contributed by atoms with Crippen LogP contribution in [0.25, 0.3) is 10.9 Å². The molecule has 1 N–H and O–H groups in total. The smallest absolute Gasteiger partial charge is 0.240 e. The number of carbonyl (C=O) groups is 1. The highest BCUT2D eigenvalue weighted by Crippen LogP contribution is 2.26. The molecular formula is C24H36N4O. The lowest BCUT2D eigenvalue weighted by Gasteiger charge is -2.34. The van der Waals surface area contributed by atoms with E-state index in [1.54, 1.807) is 0 Å². The Morgan fingerprint density at radius 2 is 1.86 bits per heavy atom. The van der Waals surface area contributed by atoms with Gasteiger partial charge in [-0.15, -0.1) is 0 Å². The van der Waals surface area contributed by atoms with Crippen molar-refractivity contribution in [2.75, 3.05) is 32.7 Å². The zero-order valence-corrected chi connectivity index (χ0v) is 18.1. The van der Waals surface area contributed by atoms with Crippen LogP contribution in [0, 0.1) is 5.92 Å². The molecule has 4 rings (SSSR count). The third-order valence-electron chi connectivity index (χ3n) is 6.35. The van der Waals surface area contributed by atoms with E-state index >= 15 is 0 Å². The van der Waals surface area contributed by atoms with Gasteiger partial charge in [0, 0.05) is 42.8 Å². The van der Waals surface area contributed by atoms with Crippen LogP contribution in [0.15, 0.2) is 30.5 Å². The Hall–Kier alpha value is -1.85. The van der Waals surface area contributed by atoms with Crippen LogP contribution >= 0.6 is 0 Å². The summed E-state index contributed by atoms with van der Waals surface area (Å²) in [5.41, 5.74) is 2.51. The van der Waals surface area contributed by atoms with Crippen LogP contribution < -0.4 is 5.32 Å². The standard InChI is InChI=1S/C24H36N4O/c1-19(2)25-24(29)18-28-17-21(22-9-3-4-10-23(22)28)16-27-13-7-8-20(15-27)14-26-11-5-6-12-26/h3-4,9-10,17,19-20H,5-8,11-16,18H2,1-2H3,(H,25,29)/t20-/m1/s1. The van der Waals surface area contributed by atoms with Crippen LogP contribution in [-0.2, 0) is 17.9 Å². The molecule has 29 heavy (non-hydrogen) atoms. The van der Waals surface area contributed by atoms with E-state index in [0.717, 1.165) is 18.0 Å². The molecule has 0 bridgehead atoms. The molecule has 2 aliphatic heterocycles. The average Bonchev–Trinajstić information content (AvgIpc) is 3.30. The normalized spacial score (nSPS) is 21.3. The molecule has 3 heterocycles. The molecule has 0 spiro atoms. The summed E-state index contributed by atoms with van der Waals surface area (Å²) in [4.78, 5) is 17.6. The molecule has 5 nitrogen and oxygen atoms in total. The Morgan fingerprint density at radius 1 is 1.10 bits per heavy atom. The van der Waals surface area contributed by atoms with Crippen molar-refractivity contribution in [2.45, 2.75) is 58.7 Å². The number of fused-ring (bicyclic) bond motifs is 1. The van der Waals surface area contributed by atoms with E-state index < -0.39 is 0 Å². The number of likely N-dealkylation sites (tertiary alicyclic amines) is 2. The second kappa shape index (κ2) is 9.31. The van der Waals surface area contributed by atoms with Crippen molar-refractivity contribution in [2.24, 2.45) is 5.92 Å². The maximum atomic E-state index is 12.3. The number of carbonyl (C=O) groups excluding carboxylic acids is 1. The van der Waals surface area contributed by atoms with Gasteiger partial charge in [-0.2, -0.15) is 0 Å². The number of nitrogens with zero attached hydrogens (tertiary/aromatic N) is 3. The Bertz CT molecular complexity index is 821. The number of hydrogen-bond donors (Lipinski definition) is 1. The van der Waals surface area contributed by atoms with Crippen LogP contribution in [0.5, 0.6) is 0 Å².